The summed E-state index contributed by atoms with van der Waals surface area (Å²) in [6, 6.07) is 12.1. The normalized spacial score (nSPS) is 16.2. The van der Waals surface area contributed by atoms with Gasteiger partial charge in [-0.15, -0.1) is 11.8 Å². The summed E-state index contributed by atoms with van der Waals surface area (Å²) in [5.41, 5.74) is 2.15. The number of benzene rings is 2. The third kappa shape index (κ3) is 3.38. The zero-order valence-electron chi connectivity index (χ0n) is 13.4. The van der Waals surface area contributed by atoms with Gasteiger partial charge >= 0.3 is 0 Å². The number of amides is 2. The van der Waals surface area contributed by atoms with Gasteiger partial charge in [-0.25, -0.2) is 0 Å². The van der Waals surface area contributed by atoms with Crippen LogP contribution in [0.1, 0.15) is 22.8 Å². The van der Waals surface area contributed by atoms with Crippen molar-refractivity contribution >= 4 is 29.3 Å². The SMILES string of the molecule is C[C@H]1Sc2ccc(C(=O)N(C)Cc3ccc(O)cc3)cc2NC1=O. The van der Waals surface area contributed by atoms with Gasteiger partial charge in [-0.2, -0.15) is 0 Å². The molecule has 0 radical (unpaired) electrons. The molecular weight excluding hydrogens is 324 g/mol. The summed E-state index contributed by atoms with van der Waals surface area (Å²) in [6.45, 7) is 2.29. The van der Waals surface area contributed by atoms with Gasteiger partial charge in [0.1, 0.15) is 5.75 Å². The highest BCUT2D eigenvalue weighted by atomic mass is 32.2. The van der Waals surface area contributed by atoms with Crippen molar-refractivity contribution in [1.82, 2.24) is 4.90 Å². The molecule has 0 fully saturated rings. The maximum Gasteiger partial charge on any atom is 0.253 e. The van der Waals surface area contributed by atoms with E-state index in [0.29, 0.717) is 17.8 Å². The molecule has 0 aliphatic carbocycles. The van der Waals surface area contributed by atoms with Crippen LogP contribution in [0.15, 0.2) is 47.4 Å². The lowest BCUT2D eigenvalue weighted by atomic mass is 10.1. The number of hydrogen-bond donors (Lipinski definition) is 2. The van der Waals surface area contributed by atoms with Crippen molar-refractivity contribution in [3.63, 3.8) is 0 Å². The first kappa shape index (κ1) is 16.4. The Morgan fingerprint density at radius 3 is 2.67 bits per heavy atom. The van der Waals surface area contributed by atoms with Crippen molar-refractivity contribution in [3.05, 3.63) is 53.6 Å². The van der Waals surface area contributed by atoms with Crippen LogP contribution in [0.5, 0.6) is 5.75 Å². The van der Waals surface area contributed by atoms with E-state index in [1.54, 1.807) is 48.3 Å². The number of aromatic hydroxyl groups is 1. The van der Waals surface area contributed by atoms with E-state index in [-0.39, 0.29) is 22.8 Å². The molecule has 0 bridgehead atoms. The van der Waals surface area contributed by atoms with Crippen LogP contribution >= 0.6 is 11.8 Å². The first-order valence-electron chi connectivity index (χ1n) is 7.59. The lowest BCUT2D eigenvalue weighted by Gasteiger charge is -2.23. The van der Waals surface area contributed by atoms with Gasteiger partial charge in [0.2, 0.25) is 5.91 Å². The van der Waals surface area contributed by atoms with Gasteiger partial charge in [-0.1, -0.05) is 12.1 Å². The summed E-state index contributed by atoms with van der Waals surface area (Å²) < 4.78 is 0. The monoisotopic (exact) mass is 342 g/mol. The molecule has 1 aliphatic heterocycles. The summed E-state index contributed by atoms with van der Waals surface area (Å²) in [5, 5.41) is 12.0. The molecule has 1 atom stereocenters. The Morgan fingerprint density at radius 1 is 1.25 bits per heavy atom. The van der Waals surface area contributed by atoms with Crippen molar-refractivity contribution < 1.29 is 14.7 Å². The zero-order chi connectivity index (χ0) is 17.3. The number of anilines is 1. The Kier molecular flexibility index (Phi) is 4.49. The highest BCUT2D eigenvalue weighted by Gasteiger charge is 2.24. The van der Waals surface area contributed by atoms with E-state index in [1.807, 2.05) is 13.0 Å². The minimum atomic E-state index is -0.128. The predicted molar refractivity (Wildman–Crippen MR) is 94.3 cm³/mol. The molecule has 124 valence electrons. The molecule has 2 N–H and O–H groups in total. The molecule has 0 saturated carbocycles. The standard InChI is InChI=1S/C18H18N2O3S/c1-11-17(22)19-15-9-13(5-8-16(15)24-11)18(23)20(2)10-12-3-6-14(21)7-4-12/h3-9,11,21H,10H2,1-2H3,(H,19,22)/t11-/m1/s1. The Bertz CT molecular complexity index is 789. The van der Waals surface area contributed by atoms with Crippen LogP contribution in [0.2, 0.25) is 0 Å². The molecule has 2 aromatic carbocycles. The number of carbonyl (C=O) groups excluding carboxylic acids is 2. The number of hydrogen-bond acceptors (Lipinski definition) is 4. The first-order chi connectivity index (χ1) is 11.4. The number of nitrogens with one attached hydrogen (secondary N) is 1. The molecule has 1 aliphatic rings. The quantitative estimate of drug-likeness (QED) is 0.899. The fourth-order valence-corrected chi connectivity index (χ4v) is 3.44. The van der Waals surface area contributed by atoms with Gasteiger partial charge in [0.25, 0.3) is 5.91 Å². The minimum Gasteiger partial charge on any atom is -0.508 e. The first-order valence-corrected chi connectivity index (χ1v) is 8.47. The lowest BCUT2D eigenvalue weighted by Crippen LogP contribution is -2.28. The zero-order valence-corrected chi connectivity index (χ0v) is 14.3. The molecule has 2 amide bonds. The number of phenolic OH excluding ortho intramolecular Hbond substituents is 1. The third-order valence-corrected chi connectivity index (χ3v) is 5.04. The van der Waals surface area contributed by atoms with Crippen LogP contribution < -0.4 is 5.32 Å². The van der Waals surface area contributed by atoms with Gasteiger partial charge in [-0.05, 0) is 42.8 Å². The van der Waals surface area contributed by atoms with Crippen molar-refractivity contribution in [2.45, 2.75) is 23.6 Å². The van der Waals surface area contributed by atoms with Gasteiger partial charge in [0, 0.05) is 24.1 Å². The second-order valence-corrected chi connectivity index (χ2v) is 7.17. The van der Waals surface area contributed by atoms with E-state index in [1.165, 1.54) is 11.8 Å². The molecule has 24 heavy (non-hydrogen) atoms. The number of thioether (sulfide) groups is 1. The van der Waals surface area contributed by atoms with E-state index in [2.05, 4.69) is 5.32 Å². The smallest absolute Gasteiger partial charge is 0.253 e. The second kappa shape index (κ2) is 6.57. The molecule has 0 saturated heterocycles. The van der Waals surface area contributed by atoms with Crippen LogP contribution in [0, 0.1) is 0 Å². The van der Waals surface area contributed by atoms with Gasteiger partial charge < -0.3 is 15.3 Å². The average molecular weight is 342 g/mol. The highest BCUT2D eigenvalue weighted by molar-refractivity contribution is 8.00. The molecule has 5 nitrogen and oxygen atoms in total. The average Bonchev–Trinajstić information content (AvgIpc) is 2.57. The van der Waals surface area contributed by atoms with E-state index < -0.39 is 0 Å². The maximum atomic E-state index is 12.6. The van der Waals surface area contributed by atoms with Crippen LogP contribution in [0.25, 0.3) is 0 Å². The topological polar surface area (TPSA) is 69.6 Å². The maximum absolute atomic E-state index is 12.6. The number of fused-ring (bicyclic) bond motifs is 1. The molecule has 1 heterocycles. The number of carbonyl (C=O) groups is 2. The van der Waals surface area contributed by atoms with E-state index in [0.717, 1.165) is 10.5 Å². The minimum absolute atomic E-state index is 0.0467. The molecule has 0 aromatic heterocycles. The van der Waals surface area contributed by atoms with Crippen LogP contribution in [-0.4, -0.2) is 34.1 Å². The van der Waals surface area contributed by atoms with E-state index in [9.17, 15) is 14.7 Å². The summed E-state index contributed by atoms with van der Waals surface area (Å²) >= 11 is 1.49. The van der Waals surface area contributed by atoms with Crippen molar-refractivity contribution in [3.8, 4) is 5.75 Å². The number of nitrogens with zero attached hydrogens (tertiary/aromatic N) is 1. The van der Waals surface area contributed by atoms with Gasteiger partial charge in [0.05, 0.1) is 10.9 Å². The van der Waals surface area contributed by atoms with E-state index in [4.69, 9.17) is 0 Å². The fourth-order valence-electron chi connectivity index (χ4n) is 2.51. The fraction of sp³-hybridized carbons (Fsp3) is 0.222. The summed E-state index contributed by atoms with van der Waals surface area (Å²) in [4.78, 5) is 27.0. The van der Waals surface area contributed by atoms with Crippen molar-refractivity contribution in [2.75, 3.05) is 12.4 Å². The van der Waals surface area contributed by atoms with E-state index >= 15 is 0 Å². The third-order valence-electron chi connectivity index (χ3n) is 3.86. The summed E-state index contributed by atoms with van der Waals surface area (Å²) in [7, 11) is 1.73. The highest BCUT2D eigenvalue weighted by Crippen LogP contribution is 2.36. The molecule has 6 heteroatoms. The Hall–Kier alpha value is -2.47. The lowest BCUT2D eigenvalue weighted by molar-refractivity contribution is -0.115. The molecule has 3 rings (SSSR count). The Morgan fingerprint density at radius 2 is 1.96 bits per heavy atom. The molecule has 2 aromatic rings. The van der Waals surface area contributed by atoms with Crippen molar-refractivity contribution in [2.24, 2.45) is 0 Å². The van der Waals surface area contributed by atoms with Crippen molar-refractivity contribution in [1.29, 1.82) is 0 Å². The molecular formula is C18H18N2O3S. The van der Waals surface area contributed by atoms with Crippen LogP contribution in [0.3, 0.4) is 0 Å². The Labute approximate surface area is 144 Å². The number of phenols is 1. The summed E-state index contributed by atoms with van der Waals surface area (Å²) in [5.74, 6) is 0.0307. The number of rotatable bonds is 3. The molecule has 0 unspecified atom stereocenters. The molecule has 0 spiro atoms. The largest absolute Gasteiger partial charge is 0.508 e. The predicted octanol–water partition coefficient (Wildman–Crippen LogP) is 3.10. The van der Waals surface area contributed by atoms with Gasteiger partial charge in [-0.3, -0.25) is 9.59 Å². The van der Waals surface area contributed by atoms with Crippen LogP contribution in [-0.2, 0) is 11.3 Å². The second-order valence-electron chi connectivity index (χ2n) is 5.79. The van der Waals surface area contributed by atoms with Crippen LogP contribution in [0.4, 0.5) is 5.69 Å². The van der Waals surface area contributed by atoms with Gasteiger partial charge in [0.15, 0.2) is 0 Å². The summed E-state index contributed by atoms with van der Waals surface area (Å²) in [6.07, 6.45) is 0. The Balaban J connectivity index is 1.76.